The molecule has 11 heteroatoms. The van der Waals surface area contributed by atoms with Gasteiger partial charge in [-0.25, -0.2) is 4.79 Å². The van der Waals surface area contributed by atoms with E-state index in [2.05, 4.69) is 16.0 Å². The van der Waals surface area contributed by atoms with E-state index >= 15 is 0 Å². The number of amides is 5. The summed E-state index contributed by atoms with van der Waals surface area (Å²) >= 11 is 0. The van der Waals surface area contributed by atoms with E-state index in [-0.39, 0.29) is 55.2 Å². The van der Waals surface area contributed by atoms with Crippen molar-refractivity contribution in [3.8, 4) is 0 Å². The van der Waals surface area contributed by atoms with Gasteiger partial charge in [-0.15, -0.1) is 0 Å². The van der Waals surface area contributed by atoms with Gasteiger partial charge in [0.25, 0.3) is 5.91 Å². The quantitative estimate of drug-likeness (QED) is 0.264. The normalized spacial score (nSPS) is 12.8. The Morgan fingerprint density at radius 3 is 2.31 bits per heavy atom. The Morgan fingerprint density at radius 2 is 1.60 bits per heavy atom. The van der Waals surface area contributed by atoms with Gasteiger partial charge in [0, 0.05) is 37.1 Å². The van der Waals surface area contributed by atoms with Gasteiger partial charge in [0.15, 0.2) is 0 Å². The fraction of sp³-hybridized carbons (Fsp3) is 0.258. The number of benzene rings is 3. The van der Waals surface area contributed by atoms with E-state index in [0.29, 0.717) is 35.6 Å². The van der Waals surface area contributed by atoms with Crippen LogP contribution in [0.4, 0.5) is 27.5 Å². The Kier molecular flexibility index (Phi) is 9.53. The van der Waals surface area contributed by atoms with Crippen molar-refractivity contribution in [1.29, 1.82) is 0 Å². The van der Waals surface area contributed by atoms with Crippen molar-refractivity contribution in [2.75, 3.05) is 41.0 Å². The lowest BCUT2D eigenvalue weighted by Crippen LogP contribution is -2.38. The first kappa shape index (κ1) is 29.8. The Balaban J connectivity index is 1.36. The number of urea groups is 1. The van der Waals surface area contributed by atoms with Crippen molar-refractivity contribution >= 4 is 52.5 Å². The summed E-state index contributed by atoms with van der Waals surface area (Å²) in [5, 5.41) is 17.2. The highest BCUT2D eigenvalue weighted by Crippen LogP contribution is 2.28. The number of hydrogen-bond acceptors (Lipinski definition) is 5. The second-order valence-corrected chi connectivity index (χ2v) is 10.1. The summed E-state index contributed by atoms with van der Waals surface area (Å²) in [5.41, 5.74) is 4.07. The van der Waals surface area contributed by atoms with Gasteiger partial charge in [0.1, 0.15) is 6.54 Å². The van der Waals surface area contributed by atoms with E-state index in [1.807, 2.05) is 31.2 Å². The first-order valence-electron chi connectivity index (χ1n) is 13.5. The van der Waals surface area contributed by atoms with Crippen molar-refractivity contribution in [2.24, 2.45) is 0 Å². The summed E-state index contributed by atoms with van der Waals surface area (Å²) in [4.78, 5) is 64.7. The largest absolute Gasteiger partial charge is 0.481 e. The molecule has 4 rings (SSSR count). The smallest absolute Gasteiger partial charge is 0.323 e. The van der Waals surface area contributed by atoms with Crippen LogP contribution >= 0.6 is 0 Å². The molecule has 4 N–H and O–H groups in total. The molecule has 0 saturated heterocycles. The molecular weight excluding hydrogens is 538 g/mol. The van der Waals surface area contributed by atoms with E-state index in [1.165, 1.54) is 9.80 Å². The van der Waals surface area contributed by atoms with Crippen LogP contribution in [0.5, 0.6) is 0 Å². The molecule has 0 atom stereocenters. The Morgan fingerprint density at radius 1 is 0.881 bits per heavy atom. The molecule has 3 aromatic carbocycles. The summed E-state index contributed by atoms with van der Waals surface area (Å²) < 4.78 is 0. The van der Waals surface area contributed by atoms with Gasteiger partial charge in [0.05, 0.1) is 17.7 Å². The number of carbonyl (C=O) groups is 5. The number of carboxylic acid groups (broad SMARTS) is 1. The van der Waals surface area contributed by atoms with E-state index < -0.39 is 5.97 Å². The number of nitrogens with zero attached hydrogens (tertiary/aromatic N) is 2. The van der Waals surface area contributed by atoms with E-state index in [0.717, 1.165) is 11.1 Å². The number of para-hydroxylation sites is 1. The maximum atomic E-state index is 13.3. The summed E-state index contributed by atoms with van der Waals surface area (Å²) in [7, 11) is 1.59. The van der Waals surface area contributed by atoms with Crippen molar-refractivity contribution in [3.05, 3.63) is 83.4 Å². The number of fused-ring (bicyclic) bond motifs is 1. The molecule has 1 aliphatic rings. The van der Waals surface area contributed by atoms with Crippen LogP contribution in [-0.2, 0) is 20.8 Å². The average molecular weight is 572 g/mol. The van der Waals surface area contributed by atoms with Gasteiger partial charge in [-0.2, -0.15) is 0 Å². The second-order valence-electron chi connectivity index (χ2n) is 10.1. The van der Waals surface area contributed by atoms with Gasteiger partial charge >= 0.3 is 12.0 Å². The number of likely N-dealkylation sites (N-methyl/N-ethyl adjacent to an activating group) is 1. The highest BCUT2D eigenvalue weighted by atomic mass is 16.4. The molecule has 5 amide bonds. The maximum Gasteiger partial charge on any atom is 0.323 e. The van der Waals surface area contributed by atoms with Crippen LogP contribution in [0, 0.1) is 6.92 Å². The zero-order chi connectivity index (χ0) is 30.2. The topological polar surface area (TPSA) is 148 Å². The van der Waals surface area contributed by atoms with Crippen LogP contribution in [0.2, 0.25) is 0 Å². The predicted octanol–water partition coefficient (Wildman–Crippen LogP) is 4.49. The second kappa shape index (κ2) is 13.4. The molecule has 3 aromatic rings. The van der Waals surface area contributed by atoms with Crippen LogP contribution in [0.15, 0.2) is 66.7 Å². The van der Waals surface area contributed by atoms with Crippen LogP contribution in [0.1, 0.15) is 40.7 Å². The van der Waals surface area contributed by atoms with Crippen molar-refractivity contribution < 1.29 is 29.1 Å². The molecule has 0 unspecified atom stereocenters. The van der Waals surface area contributed by atoms with Crippen molar-refractivity contribution in [1.82, 2.24) is 4.90 Å². The third-order valence-corrected chi connectivity index (χ3v) is 6.90. The van der Waals surface area contributed by atoms with Crippen LogP contribution < -0.4 is 20.9 Å². The van der Waals surface area contributed by atoms with Gasteiger partial charge in [-0.05, 0) is 67.3 Å². The van der Waals surface area contributed by atoms with Gasteiger partial charge in [-0.1, -0.05) is 30.3 Å². The molecular formula is C31H33N5O6. The number of aryl methyl sites for hydroxylation is 1. The Labute approximate surface area is 243 Å². The Bertz CT molecular complexity index is 1500. The molecule has 0 aromatic heterocycles. The molecule has 0 saturated carbocycles. The molecule has 0 bridgehead atoms. The monoisotopic (exact) mass is 571 g/mol. The minimum atomic E-state index is -0.910. The highest BCUT2D eigenvalue weighted by molar-refractivity contribution is 6.10. The number of aliphatic carboxylic acids is 1. The minimum absolute atomic E-state index is 0.00873. The summed E-state index contributed by atoms with van der Waals surface area (Å²) in [6.07, 6.45) is 0.899. The van der Waals surface area contributed by atoms with E-state index in [1.54, 1.807) is 49.5 Å². The molecule has 0 radical (unpaired) electrons. The fourth-order valence-electron chi connectivity index (χ4n) is 4.58. The zero-order valence-corrected chi connectivity index (χ0v) is 23.5. The van der Waals surface area contributed by atoms with Crippen molar-refractivity contribution in [2.45, 2.75) is 32.6 Å². The number of nitrogens with one attached hydrogen (secondary N) is 3. The lowest BCUT2D eigenvalue weighted by Gasteiger charge is -2.19. The summed E-state index contributed by atoms with van der Waals surface area (Å²) in [6.45, 7) is 2.04. The lowest BCUT2D eigenvalue weighted by molar-refractivity contribution is -0.137. The molecule has 1 heterocycles. The zero-order valence-electron chi connectivity index (χ0n) is 23.5. The van der Waals surface area contributed by atoms with E-state index in [4.69, 9.17) is 5.11 Å². The van der Waals surface area contributed by atoms with Crippen LogP contribution in [0.3, 0.4) is 0 Å². The van der Waals surface area contributed by atoms with Crippen LogP contribution in [-0.4, -0.2) is 59.9 Å². The standard InChI is InChI=1S/C31H33N5O6/c1-20-7-3-4-8-25(20)34-31(42)33-22-12-10-21(11-13-22)17-27(37)32-23-14-15-26-24(18-23)30(41)36(19-28(38)35(26)2)16-6-5-9-29(39)40/h3-4,7-8,10-15,18H,5-6,9,16-17,19H2,1-2H3,(H,32,37)(H,39,40)(H2,33,34,42). The molecule has 0 aliphatic carbocycles. The minimum Gasteiger partial charge on any atom is -0.481 e. The first-order valence-corrected chi connectivity index (χ1v) is 13.5. The number of carbonyl (C=O) groups excluding carboxylic acids is 4. The SMILES string of the molecule is Cc1ccccc1NC(=O)Nc1ccc(CC(=O)Nc2ccc3c(c2)C(=O)N(CCCCC(=O)O)CC(=O)N3C)cc1. The number of anilines is 4. The molecule has 218 valence electrons. The Hall–Kier alpha value is -5.19. The first-order chi connectivity index (χ1) is 20.1. The highest BCUT2D eigenvalue weighted by Gasteiger charge is 2.30. The molecule has 42 heavy (non-hydrogen) atoms. The predicted molar refractivity (Wildman–Crippen MR) is 160 cm³/mol. The molecule has 11 nitrogen and oxygen atoms in total. The fourth-order valence-corrected chi connectivity index (χ4v) is 4.58. The number of unbranched alkanes of at least 4 members (excludes halogenated alkanes) is 1. The number of hydrogen-bond donors (Lipinski definition) is 4. The van der Waals surface area contributed by atoms with Gasteiger partial charge in [0.2, 0.25) is 11.8 Å². The average Bonchev–Trinajstić information content (AvgIpc) is 3.03. The third-order valence-electron chi connectivity index (χ3n) is 6.90. The van der Waals surface area contributed by atoms with E-state index in [9.17, 15) is 24.0 Å². The van der Waals surface area contributed by atoms with Crippen molar-refractivity contribution in [3.63, 3.8) is 0 Å². The summed E-state index contributed by atoms with van der Waals surface area (Å²) in [5.74, 6) is -1.83. The maximum absolute atomic E-state index is 13.3. The molecule has 0 spiro atoms. The van der Waals surface area contributed by atoms with Crippen LogP contribution in [0.25, 0.3) is 0 Å². The number of carboxylic acids is 1. The third kappa shape index (κ3) is 7.72. The lowest BCUT2D eigenvalue weighted by atomic mass is 10.1. The van der Waals surface area contributed by atoms with Gasteiger partial charge in [-0.3, -0.25) is 19.2 Å². The number of rotatable bonds is 10. The van der Waals surface area contributed by atoms with Gasteiger partial charge < -0.3 is 30.9 Å². The molecule has 0 fully saturated rings. The summed E-state index contributed by atoms with van der Waals surface area (Å²) in [6, 6.07) is 18.8. The molecule has 1 aliphatic heterocycles.